The monoisotopic (exact) mass is 650 g/mol. The van der Waals surface area contributed by atoms with E-state index in [1.165, 1.54) is 167 Å². The number of unbranched alkanes of at least 4 members (excludes halogenated alkanes) is 22. The van der Waals surface area contributed by atoms with Gasteiger partial charge in [-0.3, -0.25) is 10.6 Å². The van der Waals surface area contributed by atoms with Crippen LogP contribution in [0.1, 0.15) is 181 Å². The minimum atomic E-state index is 0.666. The predicted molar refractivity (Wildman–Crippen MR) is 205 cm³/mol. The molecule has 0 spiro atoms. The molecule has 0 aliphatic rings. The van der Waals surface area contributed by atoms with Gasteiger partial charge in [-0.15, -0.1) is 0 Å². The van der Waals surface area contributed by atoms with Gasteiger partial charge in [0, 0.05) is 39.4 Å². The largest absolute Gasteiger partial charge is 0.366 e. The Morgan fingerprint density at radius 1 is 0.413 bits per heavy atom. The molecule has 0 atom stereocenters. The lowest BCUT2D eigenvalue weighted by Crippen LogP contribution is -2.35. The first-order valence-corrected chi connectivity index (χ1v) is 20.4. The molecule has 0 aromatic heterocycles. The van der Waals surface area contributed by atoms with E-state index in [-0.39, 0.29) is 0 Å². The third kappa shape index (κ3) is 41.3. The highest BCUT2D eigenvalue weighted by Gasteiger charge is 1.98. The van der Waals surface area contributed by atoms with E-state index in [0.29, 0.717) is 13.5 Å². The van der Waals surface area contributed by atoms with E-state index in [4.69, 9.17) is 9.47 Å². The maximum Gasteiger partial charge on any atom is 0.0965 e. The van der Waals surface area contributed by atoms with Crippen LogP contribution in [-0.4, -0.2) is 64.8 Å². The molecule has 0 fully saturated rings. The summed E-state index contributed by atoms with van der Waals surface area (Å²) in [7, 11) is 2.18. The highest BCUT2D eigenvalue weighted by molar-refractivity contribution is 4.82. The standard InChI is InChI=1S/C41H83N3O2/c1-4-6-8-10-12-14-16-18-20-22-24-26-28-30-32-38-45-40-42-34-36-44(3)37-35-43-41-46-39-33-31-29-27-25-23-21-19-17-15-13-11-9-7-5-2/h18-21,42-43H,4-17,22-41H2,1-3H3. The molecule has 274 valence electrons. The van der Waals surface area contributed by atoms with Crippen LogP contribution < -0.4 is 10.6 Å². The average Bonchev–Trinajstić information content (AvgIpc) is 3.06. The second-order valence-corrected chi connectivity index (χ2v) is 13.6. The molecule has 2 N–H and O–H groups in total. The maximum absolute atomic E-state index is 5.76. The van der Waals surface area contributed by atoms with E-state index in [2.05, 4.69) is 60.7 Å². The second-order valence-electron chi connectivity index (χ2n) is 13.6. The van der Waals surface area contributed by atoms with E-state index in [1.54, 1.807) is 0 Å². The number of likely N-dealkylation sites (N-methyl/N-ethyl adjacent to an activating group) is 1. The molecule has 0 saturated heterocycles. The van der Waals surface area contributed by atoms with Gasteiger partial charge in [0.1, 0.15) is 0 Å². The zero-order valence-electron chi connectivity index (χ0n) is 31.6. The van der Waals surface area contributed by atoms with Crippen molar-refractivity contribution in [2.24, 2.45) is 0 Å². The molecule has 5 nitrogen and oxygen atoms in total. The van der Waals surface area contributed by atoms with Gasteiger partial charge in [-0.1, -0.05) is 141 Å². The third-order valence-electron chi connectivity index (χ3n) is 8.85. The fourth-order valence-electron chi connectivity index (χ4n) is 5.63. The average molecular weight is 650 g/mol. The van der Waals surface area contributed by atoms with Gasteiger partial charge >= 0.3 is 0 Å². The molecule has 0 aromatic carbocycles. The molecule has 0 aliphatic carbocycles. The van der Waals surface area contributed by atoms with Gasteiger partial charge in [-0.05, 0) is 71.3 Å². The van der Waals surface area contributed by atoms with Gasteiger partial charge in [-0.25, -0.2) is 0 Å². The zero-order chi connectivity index (χ0) is 33.3. The molecule has 46 heavy (non-hydrogen) atoms. The number of ether oxygens (including phenoxy) is 2. The Balaban J connectivity index is 3.20. The van der Waals surface area contributed by atoms with Gasteiger partial charge < -0.3 is 14.4 Å². The summed E-state index contributed by atoms with van der Waals surface area (Å²) in [5.41, 5.74) is 0. The Bertz CT molecular complexity index is 548. The van der Waals surface area contributed by atoms with Crippen molar-refractivity contribution in [1.82, 2.24) is 15.5 Å². The Morgan fingerprint density at radius 3 is 1.07 bits per heavy atom. The van der Waals surface area contributed by atoms with Gasteiger partial charge in [-0.2, -0.15) is 0 Å². The van der Waals surface area contributed by atoms with E-state index < -0.39 is 0 Å². The van der Waals surface area contributed by atoms with Gasteiger partial charge in [0.2, 0.25) is 0 Å². The van der Waals surface area contributed by atoms with Crippen molar-refractivity contribution < 1.29 is 9.47 Å². The molecule has 0 amide bonds. The molecule has 5 heteroatoms. The lowest BCUT2D eigenvalue weighted by Gasteiger charge is -2.17. The Morgan fingerprint density at radius 2 is 0.717 bits per heavy atom. The number of rotatable bonds is 40. The van der Waals surface area contributed by atoms with Crippen LogP contribution in [-0.2, 0) is 9.47 Å². The summed E-state index contributed by atoms with van der Waals surface area (Å²) >= 11 is 0. The van der Waals surface area contributed by atoms with Crippen LogP contribution in [0.25, 0.3) is 0 Å². The molecule has 0 bridgehead atoms. The molecule has 0 rings (SSSR count). The van der Waals surface area contributed by atoms with Gasteiger partial charge in [0.05, 0.1) is 13.5 Å². The molecule has 0 radical (unpaired) electrons. The fourth-order valence-corrected chi connectivity index (χ4v) is 5.63. The Hall–Kier alpha value is -0.720. The van der Waals surface area contributed by atoms with E-state index >= 15 is 0 Å². The summed E-state index contributed by atoms with van der Waals surface area (Å²) in [5.74, 6) is 0. The number of nitrogens with zero attached hydrogens (tertiary/aromatic N) is 1. The van der Waals surface area contributed by atoms with Crippen LogP contribution in [0.4, 0.5) is 0 Å². The maximum atomic E-state index is 5.76. The summed E-state index contributed by atoms with van der Waals surface area (Å²) in [6.07, 6.45) is 44.5. The van der Waals surface area contributed by atoms with Gasteiger partial charge in [0.25, 0.3) is 0 Å². The molecular formula is C41H83N3O2. The van der Waals surface area contributed by atoms with E-state index in [0.717, 1.165) is 39.4 Å². The predicted octanol–water partition coefficient (Wildman–Crippen LogP) is 11.3. The third-order valence-corrected chi connectivity index (χ3v) is 8.85. The summed E-state index contributed by atoms with van der Waals surface area (Å²) < 4.78 is 11.5. The molecule has 0 unspecified atom stereocenters. The lowest BCUT2D eigenvalue weighted by atomic mass is 10.1. The number of hydrogen-bond donors (Lipinski definition) is 2. The Kier molecular flexibility index (Phi) is 41.6. The molecule has 0 heterocycles. The number of allylic oxidation sites excluding steroid dienone is 4. The molecule has 0 saturated carbocycles. The first-order valence-electron chi connectivity index (χ1n) is 20.4. The number of nitrogens with one attached hydrogen (secondary N) is 2. The Labute approximate surface area is 289 Å². The van der Waals surface area contributed by atoms with Crippen molar-refractivity contribution >= 4 is 0 Å². The minimum Gasteiger partial charge on any atom is -0.366 e. The second kappa shape index (κ2) is 42.3. The van der Waals surface area contributed by atoms with Crippen molar-refractivity contribution in [2.45, 2.75) is 181 Å². The zero-order valence-corrected chi connectivity index (χ0v) is 31.6. The summed E-state index contributed by atoms with van der Waals surface area (Å²) in [6.45, 7) is 11.7. The van der Waals surface area contributed by atoms with Gasteiger partial charge in [0.15, 0.2) is 0 Å². The van der Waals surface area contributed by atoms with Crippen molar-refractivity contribution in [3.63, 3.8) is 0 Å². The van der Waals surface area contributed by atoms with Crippen molar-refractivity contribution in [1.29, 1.82) is 0 Å². The summed E-state index contributed by atoms with van der Waals surface area (Å²) in [6, 6.07) is 0. The normalized spacial score (nSPS) is 12.1. The van der Waals surface area contributed by atoms with E-state index in [9.17, 15) is 0 Å². The van der Waals surface area contributed by atoms with Crippen LogP contribution in [0.3, 0.4) is 0 Å². The highest BCUT2D eigenvalue weighted by atomic mass is 16.5. The fraction of sp³-hybridized carbons (Fsp3) is 0.902. The minimum absolute atomic E-state index is 0.666. The van der Waals surface area contributed by atoms with Crippen LogP contribution in [0, 0.1) is 0 Å². The number of hydrogen-bond acceptors (Lipinski definition) is 5. The first-order chi connectivity index (χ1) is 22.8. The van der Waals surface area contributed by atoms with E-state index in [1.807, 2.05) is 0 Å². The first kappa shape index (κ1) is 45.3. The summed E-state index contributed by atoms with van der Waals surface area (Å²) in [4.78, 5) is 2.35. The molecule has 0 aromatic rings. The highest BCUT2D eigenvalue weighted by Crippen LogP contribution is 2.11. The van der Waals surface area contributed by atoms with Crippen molar-refractivity contribution in [2.75, 3.05) is 59.9 Å². The van der Waals surface area contributed by atoms with Crippen molar-refractivity contribution in [3.05, 3.63) is 24.3 Å². The SMILES string of the molecule is CCCCCCCCC=CCCCCCCCOCNCCN(C)CCNCOCCCCCCCC=CCCCCCCCC. The molecular weight excluding hydrogens is 566 g/mol. The van der Waals surface area contributed by atoms with Crippen molar-refractivity contribution in [3.8, 4) is 0 Å². The molecule has 0 aliphatic heterocycles. The lowest BCUT2D eigenvalue weighted by molar-refractivity contribution is 0.107. The quantitative estimate of drug-likeness (QED) is 0.0393. The van der Waals surface area contributed by atoms with Crippen LogP contribution in [0.5, 0.6) is 0 Å². The topological polar surface area (TPSA) is 45.8 Å². The summed E-state index contributed by atoms with van der Waals surface area (Å²) in [5, 5.41) is 6.82. The van der Waals surface area contributed by atoms with Crippen LogP contribution in [0.2, 0.25) is 0 Å². The van der Waals surface area contributed by atoms with Crippen LogP contribution >= 0.6 is 0 Å². The smallest absolute Gasteiger partial charge is 0.0965 e. The van der Waals surface area contributed by atoms with Crippen LogP contribution in [0.15, 0.2) is 24.3 Å².